The average Bonchev–Trinajstić information content (AvgIpc) is 3.12. The third-order valence-corrected chi connectivity index (χ3v) is 4.19. The summed E-state index contributed by atoms with van der Waals surface area (Å²) in [5.41, 5.74) is 0.588. The molecule has 0 spiro atoms. The number of rotatable bonds is 3. The van der Waals surface area contributed by atoms with Crippen LogP contribution in [0.3, 0.4) is 0 Å². The molecule has 7 heteroatoms. The van der Waals surface area contributed by atoms with Gasteiger partial charge in [-0.25, -0.2) is 9.78 Å². The molecule has 21 heavy (non-hydrogen) atoms. The van der Waals surface area contributed by atoms with E-state index >= 15 is 0 Å². The molecule has 1 N–H and O–H groups in total. The first-order valence-corrected chi connectivity index (χ1v) is 7.30. The van der Waals surface area contributed by atoms with Gasteiger partial charge in [-0.1, -0.05) is 0 Å². The maximum atomic E-state index is 12.4. The van der Waals surface area contributed by atoms with E-state index in [1.54, 1.807) is 22.5 Å². The molecule has 0 aliphatic carbocycles. The van der Waals surface area contributed by atoms with Gasteiger partial charge < -0.3 is 14.6 Å². The van der Waals surface area contributed by atoms with Crippen molar-refractivity contribution in [1.29, 1.82) is 0 Å². The largest absolute Gasteiger partial charge is 0.478 e. The molecule has 2 aromatic rings. The van der Waals surface area contributed by atoms with Crippen LogP contribution in [0, 0.1) is 0 Å². The summed E-state index contributed by atoms with van der Waals surface area (Å²) in [5, 5.41) is 10.4. The van der Waals surface area contributed by atoms with Gasteiger partial charge in [-0.3, -0.25) is 4.79 Å². The normalized spacial score (nSPS) is 14.4. The molecule has 0 unspecified atom stereocenters. The van der Waals surface area contributed by atoms with Crippen molar-refractivity contribution in [3.05, 3.63) is 46.2 Å². The molecule has 0 saturated heterocycles. The van der Waals surface area contributed by atoms with E-state index in [0.717, 1.165) is 23.3 Å². The minimum absolute atomic E-state index is 0.0459. The van der Waals surface area contributed by atoms with Crippen LogP contribution in [-0.2, 0) is 17.9 Å². The summed E-state index contributed by atoms with van der Waals surface area (Å²) < 4.78 is 2.04. The highest BCUT2D eigenvalue weighted by atomic mass is 32.1. The van der Waals surface area contributed by atoms with Crippen LogP contribution in [0.2, 0.25) is 0 Å². The Kier molecular flexibility index (Phi) is 3.57. The highest BCUT2D eigenvalue weighted by Crippen LogP contribution is 2.20. The first kappa shape index (κ1) is 13.6. The summed E-state index contributed by atoms with van der Waals surface area (Å²) in [7, 11) is 0. The first-order chi connectivity index (χ1) is 10.1. The molecule has 0 fully saturated rings. The van der Waals surface area contributed by atoms with Gasteiger partial charge in [0.05, 0.1) is 12.1 Å². The van der Waals surface area contributed by atoms with Gasteiger partial charge >= 0.3 is 5.97 Å². The van der Waals surface area contributed by atoms with Gasteiger partial charge in [-0.2, -0.15) is 0 Å². The van der Waals surface area contributed by atoms with E-state index in [-0.39, 0.29) is 5.91 Å². The Labute approximate surface area is 125 Å². The lowest BCUT2D eigenvalue weighted by Crippen LogP contribution is -2.38. The second-order valence-corrected chi connectivity index (χ2v) is 5.62. The summed E-state index contributed by atoms with van der Waals surface area (Å²) in [6.07, 6.45) is 6.21. The molecule has 1 aliphatic heterocycles. The predicted molar refractivity (Wildman–Crippen MR) is 78.0 cm³/mol. The summed E-state index contributed by atoms with van der Waals surface area (Å²) in [6.45, 7) is 1.90. The van der Waals surface area contributed by atoms with Crippen molar-refractivity contribution >= 4 is 29.3 Å². The van der Waals surface area contributed by atoms with Crippen molar-refractivity contribution in [2.45, 2.75) is 13.1 Å². The molecule has 1 aliphatic rings. The molecule has 0 aromatic carbocycles. The minimum Gasteiger partial charge on any atom is -0.478 e. The number of carbonyl (C=O) groups excluding carboxylic acids is 1. The topological polar surface area (TPSA) is 75.4 Å². The first-order valence-electron chi connectivity index (χ1n) is 6.42. The summed E-state index contributed by atoms with van der Waals surface area (Å²) in [4.78, 5) is 29.7. The van der Waals surface area contributed by atoms with Gasteiger partial charge in [-0.05, 0) is 12.1 Å². The third kappa shape index (κ3) is 2.87. The molecule has 3 heterocycles. The molecule has 2 aromatic heterocycles. The number of imidazole rings is 1. The smallest absolute Gasteiger partial charge is 0.328 e. The van der Waals surface area contributed by atoms with Gasteiger partial charge in [0.1, 0.15) is 5.82 Å². The van der Waals surface area contributed by atoms with Crippen molar-refractivity contribution in [1.82, 2.24) is 14.5 Å². The van der Waals surface area contributed by atoms with Gasteiger partial charge in [0, 0.05) is 41.8 Å². The molecule has 0 saturated carbocycles. The standard InChI is InChI=1S/C14H13N3O3S/c18-13(19)2-1-11-7-10(9-21-11)14(20)17-6-5-16-4-3-15-12(16)8-17/h1-4,7,9H,5-6,8H2,(H,18,19). The van der Waals surface area contributed by atoms with E-state index in [4.69, 9.17) is 5.11 Å². The maximum Gasteiger partial charge on any atom is 0.328 e. The molecule has 3 rings (SSSR count). The van der Waals surface area contributed by atoms with Crippen molar-refractivity contribution in [2.24, 2.45) is 0 Å². The summed E-state index contributed by atoms with van der Waals surface area (Å²) in [6, 6.07) is 1.72. The number of thiophene rings is 1. The monoisotopic (exact) mass is 303 g/mol. The molecular weight excluding hydrogens is 290 g/mol. The van der Waals surface area contributed by atoms with Crippen molar-refractivity contribution < 1.29 is 14.7 Å². The van der Waals surface area contributed by atoms with Crippen LogP contribution >= 0.6 is 11.3 Å². The van der Waals surface area contributed by atoms with Crippen LogP contribution in [0.1, 0.15) is 21.1 Å². The highest BCUT2D eigenvalue weighted by molar-refractivity contribution is 7.11. The predicted octanol–water partition coefficient (Wildman–Crippen LogP) is 1.70. The summed E-state index contributed by atoms with van der Waals surface area (Å²) in [5.74, 6) is -0.162. The van der Waals surface area contributed by atoms with E-state index in [0.29, 0.717) is 18.7 Å². The lowest BCUT2D eigenvalue weighted by molar-refractivity contribution is -0.131. The lowest BCUT2D eigenvalue weighted by Gasteiger charge is -2.27. The third-order valence-electron chi connectivity index (χ3n) is 3.29. The maximum absolute atomic E-state index is 12.4. The number of hydrogen-bond donors (Lipinski definition) is 1. The van der Waals surface area contributed by atoms with Crippen molar-refractivity contribution in [3.63, 3.8) is 0 Å². The Balaban J connectivity index is 1.73. The Morgan fingerprint density at radius 2 is 2.24 bits per heavy atom. The Bertz CT molecular complexity index is 717. The number of aromatic nitrogens is 2. The average molecular weight is 303 g/mol. The quantitative estimate of drug-likeness (QED) is 0.876. The number of amides is 1. The Hall–Kier alpha value is -2.41. The Morgan fingerprint density at radius 1 is 1.38 bits per heavy atom. The van der Waals surface area contributed by atoms with Crippen LogP contribution in [0.4, 0.5) is 0 Å². The molecule has 6 nitrogen and oxygen atoms in total. The number of nitrogens with zero attached hydrogens (tertiary/aromatic N) is 3. The molecule has 1 amide bonds. The van der Waals surface area contributed by atoms with Crippen LogP contribution in [0.25, 0.3) is 6.08 Å². The van der Waals surface area contributed by atoms with E-state index < -0.39 is 5.97 Å². The fraction of sp³-hybridized carbons (Fsp3) is 0.214. The molecule has 0 atom stereocenters. The molecular formula is C14H13N3O3S. The van der Waals surface area contributed by atoms with E-state index in [1.807, 2.05) is 10.8 Å². The van der Waals surface area contributed by atoms with E-state index in [1.165, 1.54) is 17.4 Å². The number of carboxylic acids is 1. The second-order valence-electron chi connectivity index (χ2n) is 4.67. The van der Waals surface area contributed by atoms with Gasteiger partial charge in [-0.15, -0.1) is 11.3 Å². The second kappa shape index (κ2) is 5.53. The molecule has 0 radical (unpaired) electrons. The summed E-state index contributed by atoms with van der Waals surface area (Å²) >= 11 is 1.35. The van der Waals surface area contributed by atoms with Crippen LogP contribution in [0.5, 0.6) is 0 Å². The highest BCUT2D eigenvalue weighted by Gasteiger charge is 2.22. The van der Waals surface area contributed by atoms with Crippen LogP contribution in [-0.4, -0.2) is 38.0 Å². The van der Waals surface area contributed by atoms with Crippen LogP contribution < -0.4 is 0 Å². The number of fused-ring (bicyclic) bond motifs is 1. The lowest BCUT2D eigenvalue weighted by atomic mass is 10.2. The molecule has 0 bridgehead atoms. The van der Waals surface area contributed by atoms with Crippen molar-refractivity contribution in [3.8, 4) is 0 Å². The zero-order valence-corrected chi connectivity index (χ0v) is 11.9. The SMILES string of the molecule is O=C(O)C=Cc1cc(C(=O)N2CCn3ccnc3C2)cs1. The number of aliphatic carboxylic acids is 1. The zero-order valence-electron chi connectivity index (χ0n) is 11.1. The van der Waals surface area contributed by atoms with Crippen LogP contribution in [0.15, 0.2) is 29.9 Å². The molecule has 108 valence electrons. The van der Waals surface area contributed by atoms with Crippen molar-refractivity contribution in [2.75, 3.05) is 6.54 Å². The van der Waals surface area contributed by atoms with Gasteiger partial charge in [0.25, 0.3) is 5.91 Å². The number of hydrogen-bond acceptors (Lipinski definition) is 4. The minimum atomic E-state index is -1.00. The Morgan fingerprint density at radius 3 is 3.05 bits per heavy atom. The fourth-order valence-electron chi connectivity index (χ4n) is 2.24. The van der Waals surface area contributed by atoms with E-state index in [9.17, 15) is 9.59 Å². The van der Waals surface area contributed by atoms with E-state index in [2.05, 4.69) is 4.98 Å². The van der Waals surface area contributed by atoms with Gasteiger partial charge in [0.15, 0.2) is 0 Å². The number of carboxylic acid groups (broad SMARTS) is 1. The zero-order chi connectivity index (χ0) is 14.8. The number of carbonyl (C=O) groups is 2. The fourth-order valence-corrected chi connectivity index (χ4v) is 3.01. The van der Waals surface area contributed by atoms with Gasteiger partial charge in [0.2, 0.25) is 0 Å².